The zero-order chi connectivity index (χ0) is 19.6. The van der Waals surface area contributed by atoms with Gasteiger partial charge in [-0.05, 0) is 56.3 Å². The first-order valence-corrected chi connectivity index (χ1v) is 10.3. The van der Waals surface area contributed by atoms with Crippen molar-refractivity contribution < 1.29 is 4.79 Å². The number of likely N-dealkylation sites (N-methyl/N-ethyl adjacent to an activating group) is 1. The van der Waals surface area contributed by atoms with Gasteiger partial charge in [0.05, 0.1) is 6.54 Å². The Hall–Kier alpha value is -2.18. The van der Waals surface area contributed by atoms with E-state index in [-0.39, 0.29) is 5.91 Å². The summed E-state index contributed by atoms with van der Waals surface area (Å²) in [5.74, 6) is 1.26. The molecule has 1 atom stereocenters. The third-order valence-electron chi connectivity index (χ3n) is 6.35. The molecule has 1 aromatic carbocycles. The number of aryl methyl sites for hydroxylation is 1. The molecule has 1 N–H and O–H groups in total. The first-order chi connectivity index (χ1) is 13.5. The summed E-state index contributed by atoms with van der Waals surface area (Å²) in [6.07, 6.45) is 5.42. The summed E-state index contributed by atoms with van der Waals surface area (Å²) in [5, 5.41) is 7.11. The minimum Gasteiger partial charge on any atom is -0.308 e. The number of rotatable bonds is 4. The van der Waals surface area contributed by atoms with E-state index >= 15 is 0 Å². The lowest BCUT2D eigenvalue weighted by Gasteiger charge is -2.49. The number of carbonyl (C=O) groups is 1. The predicted octanol–water partition coefficient (Wildman–Crippen LogP) is 2.56. The maximum absolute atomic E-state index is 12.3. The van der Waals surface area contributed by atoms with Gasteiger partial charge >= 0.3 is 0 Å². The molecule has 4 rings (SSSR count). The Morgan fingerprint density at radius 3 is 2.61 bits per heavy atom. The van der Waals surface area contributed by atoms with Crippen LogP contribution in [0.1, 0.15) is 30.7 Å². The van der Waals surface area contributed by atoms with Crippen LogP contribution < -0.4 is 5.32 Å². The monoisotopic (exact) mass is 381 g/mol. The van der Waals surface area contributed by atoms with Gasteiger partial charge in [-0.25, -0.2) is 0 Å². The molecule has 0 radical (unpaired) electrons. The number of amides is 1. The minimum absolute atomic E-state index is 0.0255. The van der Waals surface area contributed by atoms with Gasteiger partial charge in [-0.3, -0.25) is 14.4 Å². The number of piperidine rings is 2. The van der Waals surface area contributed by atoms with Crippen LogP contribution in [0, 0.1) is 5.41 Å². The number of nitrogens with one attached hydrogen (secondary N) is 1. The Bertz CT molecular complexity index is 794. The highest BCUT2D eigenvalue weighted by Crippen LogP contribution is 2.44. The molecule has 2 fully saturated rings. The Labute approximate surface area is 167 Å². The van der Waals surface area contributed by atoms with E-state index < -0.39 is 0 Å². The van der Waals surface area contributed by atoms with E-state index in [1.165, 1.54) is 18.5 Å². The second-order valence-electron chi connectivity index (χ2n) is 8.71. The van der Waals surface area contributed by atoms with Crippen molar-refractivity contribution in [2.45, 2.75) is 25.2 Å². The average molecular weight is 382 g/mol. The Balaban J connectivity index is 1.32. The molecule has 0 aliphatic carbocycles. The van der Waals surface area contributed by atoms with Gasteiger partial charge in [0.15, 0.2) is 5.82 Å². The molecular weight excluding hydrogens is 350 g/mol. The van der Waals surface area contributed by atoms with E-state index in [0.29, 0.717) is 23.7 Å². The zero-order valence-corrected chi connectivity index (χ0v) is 17.0. The number of anilines is 1. The van der Waals surface area contributed by atoms with E-state index in [2.05, 4.69) is 57.6 Å². The van der Waals surface area contributed by atoms with Crippen molar-refractivity contribution in [3.63, 3.8) is 0 Å². The number of benzene rings is 1. The van der Waals surface area contributed by atoms with Gasteiger partial charge in [0, 0.05) is 32.4 Å². The van der Waals surface area contributed by atoms with Crippen molar-refractivity contribution in [1.29, 1.82) is 0 Å². The van der Waals surface area contributed by atoms with Crippen molar-refractivity contribution >= 4 is 11.7 Å². The number of aromatic nitrogens is 2. The molecule has 1 amide bonds. The van der Waals surface area contributed by atoms with Crippen LogP contribution in [0.5, 0.6) is 0 Å². The molecule has 0 bridgehead atoms. The maximum Gasteiger partial charge on any atom is 0.239 e. The fraction of sp³-hybridized carbons (Fsp3) is 0.545. The summed E-state index contributed by atoms with van der Waals surface area (Å²) >= 11 is 0. The Morgan fingerprint density at radius 1 is 1.18 bits per heavy atom. The van der Waals surface area contributed by atoms with Crippen molar-refractivity contribution in [2.75, 3.05) is 45.1 Å². The lowest BCUT2D eigenvalue weighted by molar-refractivity contribution is -0.118. The number of likely N-dealkylation sites (tertiary alicyclic amines) is 2. The molecule has 1 unspecified atom stereocenters. The summed E-state index contributed by atoms with van der Waals surface area (Å²) in [6, 6.07) is 12.8. The van der Waals surface area contributed by atoms with Crippen molar-refractivity contribution in [3.05, 3.63) is 48.2 Å². The lowest BCUT2D eigenvalue weighted by Crippen LogP contribution is -2.51. The molecule has 2 saturated heterocycles. The molecule has 2 aliphatic heterocycles. The molecule has 28 heavy (non-hydrogen) atoms. The fourth-order valence-electron chi connectivity index (χ4n) is 5.03. The quantitative estimate of drug-likeness (QED) is 0.884. The van der Waals surface area contributed by atoms with Crippen LogP contribution in [-0.4, -0.2) is 65.3 Å². The van der Waals surface area contributed by atoms with Gasteiger partial charge in [0.1, 0.15) is 0 Å². The van der Waals surface area contributed by atoms with Crippen molar-refractivity contribution in [1.82, 2.24) is 19.6 Å². The number of nitrogens with zero attached hydrogens (tertiary/aromatic N) is 4. The fourth-order valence-corrected chi connectivity index (χ4v) is 5.03. The second-order valence-corrected chi connectivity index (χ2v) is 8.71. The van der Waals surface area contributed by atoms with Crippen molar-refractivity contribution in [3.8, 4) is 0 Å². The largest absolute Gasteiger partial charge is 0.308 e. The van der Waals surface area contributed by atoms with E-state index in [4.69, 9.17) is 0 Å². The third kappa shape index (κ3) is 4.45. The van der Waals surface area contributed by atoms with Crippen LogP contribution in [0.2, 0.25) is 0 Å². The highest BCUT2D eigenvalue weighted by molar-refractivity contribution is 5.91. The van der Waals surface area contributed by atoms with Gasteiger partial charge in [-0.2, -0.15) is 5.10 Å². The van der Waals surface area contributed by atoms with Gasteiger partial charge < -0.3 is 10.2 Å². The third-order valence-corrected chi connectivity index (χ3v) is 6.35. The Morgan fingerprint density at radius 2 is 1.93 bits per heavy atom. The van der Waals surface area contributed by atoms with E-state index in [1.54, 1.807) is 4.68 Å². The number of carbonyl (C=O) groups excluding carboxylic acids is 1. The summed E-state index contributed by atoms with van der Waals surface area (Å²) in [5.41, 5.74) is 1.84. The van der Waals surface area contributed by atoms with E-state index in [1.807, 2.05) is 19.3 Å². The van der Waals surface area contributed by atoms with Gasteiger partial charge in [0.2, 0.25) is 5.91 Å². The first kappa shape index (κ1) is 19.2. The highest BCUT2D eigenvalue weighted by Gasteiger charge is 2.41. The first-order valence-electron chi connectivity index (χ1n) is 10.3. The molecule has 2 aromatic rings. The molecule has 1 spiro atoms. The molecule has 2 aliphatic rings. The molecular formula is C22H31N5O. The van der Waals surface area contributed by atoms with E-state index in [9.17, 15) is 4.79 Å². The SMILES string of the molecule is CN1CC(c2ccccc2)CC2(CCN(CC(=O)Nc3ccn(C)n3)CC2)C1. The smallest absolute Gasteiger partial charge is 0.239 e. The molecule has 0 saturated carbocycles. The molecule has 3 heterocycles. The van der Waals surface area contributed by atoms with Crippen LogP contribution in [0.15, 0.2) is 42.6 Å². The van der Waals surface area contributed by atoms with Gasteiger partial charge in [0.25, 0.3) is 0 Å². The summed E-state index contributed by atoms with van der Waals surface area (Å²) in [4.78, 5) is 17.1. The summed E-state index contributed by atoms with van der Waals surface area (Å²) < 4.78 is 1.70. The zero-order valence-electron chi connectivity index (χ0n) is 17.0. The van der Waals surface area contributed by atoms with Crippen molar-refractivity contribution in [2.24, 2.45) is 12.5 Å². The number of hydrogen-bond acceptors (Lipinski definition) is 4. The van der Waals surface area contributed by atoms with Crippen LogP contribution >= 0.6 is 0 Å². The topological polar surface area (TPSA) is 53.4 Å². The number of hydrogen-bond donors (Lipinski definition) is 1. The van der Waals surface area contributed by atoms with Crippen LogP contribution in [-0.2, 0) is 11.8 Å². The average Bonchev–Trinajstić information content (AvgIpc) is 3.08. The molecule has 1 aromatic heterocycles. The molecule has 150 valence electrons. The second kappa shape index (κ2) is 8.05. The minimum atomic E-state index is 0.0255. The molecule has 6 nitrogen and oxygen atoms in total. The predicted molar refractivity (Wildman–Crippen MR) is 111 cm³/mol. The maximum atomic E-state index is 12.3. The van der Waals surface area contributed by atoms with Gasteiger partial charge in [-0.15, -0.1) is 0 Å². The Kier molecular flexibility index (Phi) is 5.51. The van der Waals surface area contributed by atoms with Crippen LogP contribution in [0.3, 0.4) is 0 Å². The lowest BCUT2D eigenvalue weighted by atomic mass is 9.68. The standard InChI is InChI=1S/C22H31N5O/c1-25-15-19(18-6-4-3-5-7-18)14-22(17-25)9-12-27(13-10-22)16-21(28)23-20-8-11-26(2)24-20/h3-8,11,19H,9-10,12-17H2,1-2H3,(H,23,24,28). The van der Waals surface area contributed by atoms with Crippen LogP contribution in [0.4, 0.5) is 5.82 Å². The normalized spacial score (nSPS) is 23.0. The summed E-state index contributed by atoms with van der Waals surface area (Å²) in [6.45, 7) is 4.74. The highest BCUT2D eigenvalue weighted by atomic mass is 16.2. The van der Waals surface area contributed by atoms with Crippen LogP contribution in [0.25, 0.3) is 0 Å². The van der Waals surface area contributed by atoms with E-state index in [0.717, 1.165) is 32.5 Å². The van der Waals surface area contributed by atoms with Gasteiger partial charge in [-0.1, -0.05) is 30.3 Å². The molecule has 6 heteroatoms. The summed E-state index contributed by atoms with van der Waals surface area (Å²) in [7, 11) is 4.10.